The van der Waals surface area contributed by atoms with Crippen LogP contribution in [0.2, 0.25) is 0 Å². The fourth-order valence-corrected chi connectivity index (χ4v) is 3.74. The number of hydrogen-bond acceptors (Lipinski definition) is 7. The second-order valence-corrected chi connectivity index (χ2v) is 7.61. The highest BCUT2D eigenvalue weighted by Gasteiger charge is 2.45. The highest BCUT2D eigenvalue weighted by molar-refractivity contribution is 7.99. The van der Waals surface area contributed by atoms with Gasteiger partial charge in [0.2, 0.25) is 5.72 Å². The number of thioether (sulfide) groups is 1. The Morgan fingerprint density at radius 3 is 2.03 bits per heavy atom. The van der Waals surface area contributed by atoms with Crippen molar-refractivity contribution in [1.29, 1.82) is 0 Å². The van der Waals surface area contributed by atoms with Crippen LogP contribution in [0.1, 0.15) is 17.5 Å². The molecule has 2 amide bonds. The lowest BCUT2D eigenvalue weighted by Gasteiger charge is -2.34. The van der Waals surface area contributed by atoms with Gasteiger partial charge in [-0.15, -0.1) is 0 Å². The quantitative estimate of drug-likeness (QED) is 0.514. The van der Waals surface area contributed by atoms with Crippen molar-refractivity contribution in [3.8, 4) is 0 Å². The van der Waals surface area contributed by atoms with E-state index >= 15 is 0 Å². The van der Waals surface area contributed by atoms with E-state index in [0.717, 1.165) is 11.1 Å². The average Bonchev–Trinajstić information content (AvgIpc) is 2.78. The lowest BCUT2D eigenvalue weighted by molar-refractivity contribution is -0.155. The van der Waals surface area contributed by atoms with E-state index in [-0.39, 0.29) is 31.2 Å². The maximum Gasteiger partial charge on any atom is 0.431 e. The minimum atomic E-state index is -1.72. The molecule has 2 aromatic rings. The number of benzene rings is 2. The zero-order valence-electron chi connectivity index (χ0n) is 16.2. The monoisotopic (exact) mass is 430 g/mol. The number of nitrogens with one attached hydrogen (secondary N) is 2. The number of carbonyl (C=O) groups excluding carboxylic acids is 3. The molecule has 1 saturated heterocycles. The Morgan fingerprint density at radius 2 is 1.47 bits per heavy atom. The molecule has 9 heteroatoms. The standard InChI is InChI=1S/C21H22N2O6S/c24-18-11-12-30-15-21(18,22-19(25)27-13-16-7-3-1-4-8-16)29-23-20(26)28-14-17-9-5-2-6-10-17/h1-10H,11-15H2,(H,22,25)(H,23,26)/t21-/m0/s1. The first-order chi connectivity index (χ1) is 14.6. The zero-order chi connectivity index (χ0) is 21.2. The number of hydrogen-bond donors (Lipinski definition) is 2. The Hall–Kier alpha value is -3.04. The number of amides is 2. The third-order valence-corrected chi connectivity index (χ3v) is 5.37. The van der Waals surface area contributed by atoms with E-state index in [1.165, 1.54) is 11.8 Å². The second-order valence-electron chi connectivity index (χ2n) is 6.51. The largest absolute Gasteiger partial charge is 0.445 e. The summed E-state index contributed by atoms with van der Waals surface area (Å²) in [5, 5.41) is 2.46. The highest BCUT2D eigenvalue weighted by atomic mass is 32.2. The average molecular weight is 430 g/mol. The molecule has 1 heterocycles. The van der Waals surface area contributed by atoms with Gasteiger partial charge in [-0.05, 0) is 11.1 Å². The van der Waals surface area contributed by atoms with Gasteiger partial charge in [0.25, 0.3) is 0 Å². The molecule has 8 nitrogen and oxygen atoms in total. The summed E-state index contributed by atoms with van der Waals surface area (Å²) in [4.78, 5) is 42.1. The molecule has 3 rings (SSSR count). The molecule has 1 atom stereocenters. The molecular weight excluding hydrogens is 408 g/mol. The van der Waals surface area contributed by atoms with Gasteiger partial charge in [-0.2, -0.15) is 17.2 Å². The van der Waals surface area contributed by atoms with Crippen molar-refractivity contribution in [2.24, 2.45) is 0 Å². The molecule has 1 aliphatic rings. The number of Topliss-reactive ketones (excluding diaryl/α,β-unsaturated/α-hetero) is 1. The van der Waals surface area contributed by atoms with Crippen LogP contribution in [0, 0.1) is 0 Å². The Labute approximate surface area is 178 Å². The lowest BCUT2D eigenvalue weighted by atomic mass is 10.1. The fourth-order valence-electron chi connectivity index (χ4n) is 2.69. The summed E-state index contributed by atoms with van der Waals surface area (Å²) in [5.41, 5.74) is 1.99. The van der Waals surface area contributed by atoms with E-state index < -0.39 is 17.9 Å². The normalized spacial score (nSPS) is 18.3. The van der Waals surface area contributed by atoms with Gasteiger partial charge < -0.3 is 9.47 Å². The third-order valence-electron chi connectivity index (χ3n) is 4.27. The summed E-state index contributed by atoms with van der Waals surface area (Å²) in [6.45, 7) is 0.0783. The minimum absolute atomic E-state index is 0.0383. The van der Waals surface area contributed by atoms with Crippen LogP contribution in [0.25, 0.3) is 0 Å². The molecule has 0 aromatic heterocycles. The van der Waals surface area contributed by atoms with Gasteiger partial charge in [0.05, 0.1) is 5.75 Å². The number of ether oxygens (including phenoxy) is 2. The molecule has 2 aromatic carbocycles. The summed E-state index contributed by atoms with van der Waals surface area (Å²) >= 11 is 1.42. The van der Waals surface area contributed by atoms with Gasteiger partial charge in [0, 0.05) is 12.2 Å². The summed E-state index contributed by atoms with van der Waals surface area (Å²) in [5.74, 6) is 0.371. The predicted molar refractivity (Wildman–Crippen MR) is 110 cm³/mol. The highest BCUT2D eigenvalue weighted by Crippen LogP contribution is 2.25. The first kappa shape index (κ1) is 21.7. The number of ketones is 1. The van der Waals surface area contributed by atoms with Crippen LogP contribution in [0.4, 0.5) is 9.59 Å². The van der Waals surface area contributed by atoms with Crippen LogP contribution < -0.4 is 10.8 Å². The van der Waals surface area contributed by atoms with Gasteiger partial charge >= 0.3 is 12.2 Å². The molecule has 1 aliphatic heterocycles. The number of carbonyl (C=O) groups is 3. The van der Waals surface area contributed by atoms with Gasteiger partial charge in [0.1, 0.15) is 13.2 Å². The minimum Gasteiger partial charge on any atom is -0.445 e. The van der Waals surface area contributed by atoms with E-state index in [1.807, 2.05) is 48.5 Å². The van der Waals surface area contributed by atoms with Crippen LogP contribution in [-0.4, -0.2) is 35.2 Å². The van der Waals surface area contributed by atoms with Crippen LogP contribution in [0.15, 0.2) is 60.7 Å². The SMILES string of the molecule is O=C(NO[C@@]1(NC(=O)OCc2ccccc2)CSCCC1=O)OCc1ccccc1. The van der Waals surface area contributed by atoms with E-state index in [2.05, 4.69) is 10.8 Å². The molecule has 0 aliphatic carbocycles. The zero-order valence-corrected chi connectivity index (χ0v) is 17.0. The van der Waals surface area contributed by atoms with E-state index in [1.54, 1.807) is 12.1 Å². The molecule has 0 unspecified atom stereocenters. The van der Waals surface area contributed by atoms with Crippen LogP contribution in [0.5, 0.6) is 0 Å². The molecule has 0 spiro atoms. The summed E-state index contributed by atoms with van der Waals surface area (Å²) < 4.78 is 10.3. The van der Waals surface area contributed by atoms with Crippen molar-refractivity contribution in [2.75, 3.05) is 11.5 Å². The summed E-state index contributed by atoms with van der Waals surface area (Å²) in [6, 6.07) is 18.2. The Kier molecular flexibility index (Phi) is 7.69. The van der Waals surface area contributed by atoms with Crippen LogP contribution in [0.3, 0.4) is 0 Å². The Bertz CT molecular complexity index is 864. The Balaban J connectivity index is 1.54. The van der Waals surface area contributed by atoms with Gasteiger partial charge in [-0.25, -0.2) is 14.4 Å². The fraction of sp³-hybridized carbons (Fsp3) is 0.286. The van der Waals surface area contributed by atoms with E-state index in [0.29, 0.717) is 5.75 Å². The Morgan fingerprint density at radius 1 is 0.900 bits per heavy atom. The van der Waals surface area contributed by atoms with Crippen LogP contribution >= 0.6 is 11.8 Å². The molecule has 158 valence electrons. The van der Waals surface area contributed by atoms with Gasteiger partial charge in [-0.3, -0.25) is 10.1 Å². The van der Waals surface area contributed by atoms with E-state index in [9.17, 15) is 14.4 Å². The first-order valence-corrected chi connectivity index (χ1v) is 10.5. The number of hydroxylamine groups is 1. The van der Waals surface area contributed by atoms with Gasteiger partial charge in [0.15, 0.2) is 5.78 Å². The smallest absolute Gasteiger partial charge is 0.431 e. The lowest BCUT2D eigenvalue weighted by Crippen LogP contribution is -2.62. The number of rotatable bonds is 7. The molecule has 0 radical (unpaired) electrons. The van der Waals surface area contributed by atoms with Crippen molar-refractivity contribution in [3.05, 3.63) is 71.8 Å². The van der Waals surface area contributed by atoms with Crippen molar-refractivity contribution >= 4 is 29.7 Å². The van der Waals surface area contributed by atoms with E-state index in [4.69, 9.17) is 14.3 Å². The van der Waals surface area contributed by atoms with Gasteiger partial charge in [-0.1, -0.05) is 60.7 Å². The molecular formula is C21H22N2O6S. The predicted octanol–water partition coefficient (Wildman–Crippen LogP) is 3.17. The topological polar surface area (TPSA) is 103 Å². The summed E-state index contributed by atoms with van der Waals surface area (Å²) in [7, 11) is 0. The third kappa shape index (κ3) is 6.23. The summed E-state index contributed by atoms with van der Waals surface area (Å²) in [6.07, 6.45) is -1.51. The van der Waals surface area contributed by atoms with Crippen molar-refractivity contribution in [3.63, 3.8) is 0 Å². The van der Waals surface area contributed by atoms with Crippen molar-refractivity contribution in [2.45, 2.75) is 25.4 Å². The van der Waals surface area contributed by atoms with Crippen LogP contribution in [-0.2, 0) is 32.3 Å². The first-order valence-electron chi connectivity index (χ1n) is 9.32. The second kappa shape index (κ2) is 10.7. The maximum absolute atomic E-state index is 12.5. The maximum atomic E-state index is 12.5. The van der Waals surface area contributed by atoms with Crippen molar-refractivity contribution in [1.82, 2.24) is 10.8 Å². The molecule has 1 fully saturated rings. The molecule has 0 saturated carbocycles. The molecule has 2 N–H and O–H groups in total. The van der Waals surface area contributed by atoms with Crippen molar-refractivity contribution < 1.29 is 28.7 Å². The molecule has 0 bridgehead atoms. The molecule has 30 heavy (non-hydrogen) atoms. The number of alkyl carbamates (subject to hydrolysis) is 1.